The van der Waals surface area contributed by atoms with E-state index >= 15 is 0 Å². The number of nitrogen functional groups attached to an aromatic ring is 1. The van der Waals surface area contributed by atoms with Crippen LogP contribution in [0.4, 0.5) is 5.69 Å². The molecule has 0 spiro atoms. The number of benzene rings is 3. The highest BCUT2D eigenvalue weighted by atomic mass is 32.2. The van der Waals surface area contributed by atoms with Gasteiger partial charge < -0.3 is 15.5 Å². The summed E-state index contributed by atoms with van der Waals surface area (Å²) in [6, 6.07) is 23.6. The molecule has 8 nitrogen and oxygen atoms in total. The molecule has 0 saturated heterocycles. The highest BCUT2D eigenvalue weighted by molar-refractivity contribution is 7.89. The molecule has 1 heterocycles. The third-order valence-electron chi connectivity index (χ3n) is 5.20. The van der Waals surface area contributed by atoms with Crippen molar-refractivity contribution in [1.29, 1.82) is 5.41 Å². The van der Waals surface area contributed by atoms with E-state index in [1.54, 1.807) is 78.9 Å². The van der Waals surface area contributed by atoms with Crippen molar-refractivity contribution in [2.24, 2.45) is 10.9 Å². The Morgan fingerprint density at radius 3 is 2.29 bits per heavy atom. The fraction of sp³-hybridized carbons (Fsp3) is 0. The standard InChI is InChI=1S/C26H22N4O4S/c27-26(28)19-6-3-5-18(15-19)22(23-8-4-14-34-23)16-25(31)30-20-12-10-17(11-13-20)21-7-1-2-9-24(21)35(29,32)33/h1-16H,(H3,27,28)(H,30,31)(H2,29,32,33)/b22-16+. The largest absolute Gasteiger partial charge is 0.464 e. The number of sulfonamides is 1. The number of hydrogen-bond acceptors (Lipinski definition) is 5. The Morgan fingerprint density at radius 1 is 0.914 bits per heavy atom. The molecule has 0 radical (unpaired) electrons. The number of rotatable bonds is 7. The van der Waals surface area contributed by atoms with Gasteiger partial charge >= 0.3 is 0 Å². The minimum atomic E-state index is -3.89. The number of carbonyl (C=O) groups is 1. The van der Waals surface area contributed by atoms with Gasteiger partial charge in [0.15, 0.2) is 0 Å². The maximum Gasteiger partial charge on any atom is 0.249 e. The van der Waals surface area contributed by atoms with Gasteiger partial charge in [0.05, 0.1) is 11.2 Å². The predicted molar refractivity (Wildman–Crippen MR) is 135 cm³/mol. The molecule has 6 N–H and O–H groups in total. The van der Waals surface area contributed by atoms with Gasteiger partial charge in [0.25, 0.3) is 0 Å². The molecule has 35 heavy (non-hydrogen) atoms. The summed E-state index contributed by atoms with van der Waals surface area (Å²) in [4.78, 5) is 12.9. The van der Waals surface area contributed by atoms with Crippen LogP contribution in [0.2, 0.25) is 0 Å². The van der Waals surface area contributed by atoms with Gasteiger partial charge in [-0.3, -0.25) is 10.2 Å². The molecular weight excluding hydrogens is 464 g/mol. The highest BCUT2D eigenvalue weighted by Gasteiger charge is 2.15. The lowest BCUT2D eigenvalue weighted by Gasteiger charge is -2.10. The first-order chi connectivity index (χ1) is 16.7. The molecule has 0 aliphatic carbocycles. The maximum absolute atomic E-state index is 12.9. The van der Waals surface area contributed by atoms with Crippen LogP contribution in [0.1, 0.15) is 16.9 Å². The Kier molecular flexibility index (Phi) is 6.63. The van der Waals surface area contributed by atoms with Gasteiger partial charge in [-0.15, -0.1) is 0 Å². The van der Waals surface area contributed by atoms with Crippen molar-refractivity contribution < 1.29 is 17.6 Å². The number of anilines is 1. The Hall–Kier alpha value is -4.47. The first-order valence-electron chi connectivity index (χ1n) is 10.5. The van der Waals surface area contributed by atoms with Crippen LogP contribution in [-0.4, -0.2) is 20.2 Å². The van der Waals surface area contributed by atoms with Crippen molar-refractivity contribution in [3.8, 4) is 11.1 Å². The molecule has 0 atom stereocenters. The average Bonchev–Trinajstić information content (AvgIpc) is 3.37. The lowest BCUT2D eigenvalue weighted by Crippen LogP contribution is -2.13. The van der Waals surface area contributed by atoms with Crippen molar-refractivity contribution in [2.45, 2.75) is 4.90 Å². The Morgan fingerprint density at radius 2 is 1.63 bits per heavy atom. The minimum Gasteiger partial charge on any atom is -0.464 e. The number of carbonyl (C=O) groups excluding carboxylic acids is 1. The number of primary sulfonamides is 1. The van der Waals surface area contributed by atoms with Crippen molar-refractivity contribution in [1.82, 2.24) is 0 Å². The number of amides is 1. The van der Waals surface area contributed by atoms with Crippen LogP contribution in [0.3, 0.4) is 0 Å². The zero-order chi connectivity index (χ0) is 25.0. The molecule has 1 aromatic heterocycles. The van der Waals surface area contributed by atoms with Gasteiger partial charge in [-0.25, -0.2) is 13.6 Å². The highest BCUT2D eigenvalue weighted by Crippen LogP contribution is 2.28. The molecule has 1 amide bonds. The van der Waals surface area contributed by atoms with E-state index in [-0.39, 0.29) is 10.7 Å². The SMILES string of the molecule is N=C(N)c1cccc(/C(=C\C(=O)Nc2ccc(-c3ccccc3S(N)(=O)=O)cc2)c2ccco2)c1. The normalized spacial score (nSPS) is 11.7. The summed E-state index contributed by atoms with van der Waals surface area (Å²) in [5.74, 6) is -0.00249. The number of hydrogen-bond donors (Lipinski definition) is 4. The van der Waals surface area contributed by atoms with Gasteiger partial charge in [0.2, 0.25) is 15.9 Å². The molecular formula is C26H22N4O4S. The van der Waals surface area contributed by atoms with Crippen molar-refractivity contribution in [2.75, 3.05) is 5.32 Å². The first kappa shape index (κ1) is 23.7. The van der Waals surface area contributed by atoms with E-state index < -0.39 is 15.9 Å². The monoisotopic (exact) mass is 486 g/mol. The molecule has 4 rings (SSSR count). The second-order valence-electron chi connectivity index (χ2n) is 7.64. The number of nitrogens with two attached hydrogens (primary N) is 2. The third-order valence-corrected chi connectivity index (χ3v) is 6.17. The second-order valence-corrected chi connectivity index (χ2v) is 9.17. The van der Waals surface area contributed by atoms with Crippen LogP contribution in [0, 0.1) is 5.41 Å². The molecule has 4 aromatic rings. The Balaban J connectivity index is 1.61. The van der Waals surface area contributed by atoms with Crippen molar-refractivity contribution in [3.05, 3.63) is 114 Å². The summed E-state index contributed by atoms with van der Waals surface area (Å²) >= 11 is 0. The summed E-state index contributed by atoms with van der Waals surface area (Å²) < 4.78 is 29.3. The number of furan rings is 1. The Bertz CT molecular complexity index is 1520. The van der Waals surface area contributed by atoms with Gasteiger partial charge in [-0.2, -0.15) is 0 Å². The smallest absolute Gasteiger partial charge is 0.249 e. The predicted octanol–water partition coefficient (Wildman–Crippen LogP) is 3.95. The van der Waals surface area contributed by atoms with Crippen LogP contribution in [0.15, 0.2) is 107 Å². The summed E-state index contributed by atoms with van der Waals surface area (Å²) in [6.07, 6.45) is 2.91. The van der Waals surface area contributed by atoms with E-state index in [1.807, 2.05) is 0 Å². The molecule has 0 aliphatic rings. The van der Waals surface area contributed by atoms with Gasteiger partial charge in [-0.1, -0.05) is 48.5 Å². The van der Waals surface area contributed by atoms with Crippen LogP contribution in [-0.2, 0) is 14.8 Å². The first-order valence-corrected chi connectivity index (χ1v) is 12.0. The lowest BCUT2D eigenvalue weighted by atomic mass is 10.00. The quantitative estimate of drug-likeness (QED) is 0.177. The average molecular weight is 487 g/mol. The van der Waals surface area contributed by atoms with Crippen molar-refractivity contribution >= 4 is 33.0 Å². The van der Waals surface area contributed by atoms with E-state index in [2.05, 4.69) is 5.32 Å². The van der Waals surface area contributed by atoms with E-state index in [4.69, 9.17) is 20.7 Å². The molecule has 0 fully saturated rings. The molecule has 0 unspecified atom stereocenters. The summed E-state index contributed by atoms with van der Waals surface area (Å²) in [5, 5.41) is 15.8. The van der Waals surface area contributed by atoms with E-state index in [1.165, 1.54) is 18.4 Å². The van der Waals surface area contributed by atoms with E-state index in [0.29, 0.717) is 39.3 Å². The molecule has 176 valence electrons. The minimum absolute atomic E-state index is 0.0237. The summed E-state index contributed by atoms with van der Waals surface area (Å²) in [5.41, 5.74) is 8.95. The van der Waals surface area contributed by atoms with Crippen LogP contribution in [0.25, 0.3) is 16.7 Å². The molecule has 0 saturated carbocycles. The molecule has 9 heteroatoms. The van der Waals surface area contributed by atoms with Gasteiger partial charge in [0.1, 0.15) is 11.6 Å². The second kappa shape index (κ2) is 9.80. The fourth-order valence-corrected chi connectivity index (χ4v) is 4.34. The van der Waals surface area contributed by atoms with Gasteiger partial charge in [0, 0.05) is 28.5 Å². The Labute approximate surface area is 202 Å². The molecule has 0 bridgehead atoms. The summed E-state index contributed by atoms with van der Waals surface area (Å²) in [7, 11) is -3.89. The van der Waals surface area contributed by atoms with Crippen molar-refractivity contribution in [3.63, 3.8) is 0 Å². The maximum atomic E-state index is 12.9. The van der Waals surface area contributed by atoms with E-state index in [9.17, 15) is 13.2 Å². The van der Waals surface area contributed by atoms with Crippen LogP contribution < -0.4 is 16.2 Å². The van der Waals surface area contributed by atoms with Crippen LogP contribution >= 0.6 is 0 Å². The zero-order valence-electron chi connectivity index (χ0n) is 18.4. The lowest BCUT2D eigenvalue weighted by molar-refractivity contribution is -0.111. The summed E-state index contributed by atoms with van der Waals surface area (Å²) in [6.45, 7) is 0. The third kappa shape index (κ3) is 5.55. The zero-order valence-corrected chi connectivity index (χ0v) is 19.3. The topological polar surface area (TPSA) is 152 Å². The van der Waals surface area contributed by atoms with Crippen LogP contribution in [0.5, 0.6) is 0 Å². The molecule has 3 aromatic carbocycles. The number of amidine groups is 1. The van der Waals surface area contributed by atoms with E-state index in [0.717, 1.165) is 0 Å². The number of nitrogens with one attached hydrogen (secondary N) is 2. The van der Waals surface area contributed by atoms with Gasteiger partial charge in [-0.05, 0) is 47.5 Å². The molecule has 0 aliphatic heterocycles. The fourth-order valence-electron chi connectivity index (χ4n) is 3.58.